The van der Waals surface area contributed by atoms with Crippen LogP contribution in [0.1, 0.15) is 35.3 Å². The number of nitrogens with zero attached hydrogens (tertiary/aromatic N) is 1. The van der Waals surface area contributed by atoms with E-state index >= 15 is 0 Å². The molecule has 0 fully saturated rings. The lowest BCUT2D eigenvalue weighted by Crippen LogP contribution is -2.12. The summed E-state index contributed by atoms with van der Waals surface area (Å²) in [5.74, 6) is 1.24. The van der Waals surface area contributed by atoms with Crippen molar-refractivity contribution < 1.29 is 0 Å². The number of thioether (sulfide) groups is 1. The molecule has 2 rings (SSSR count). The van der Waals surface area contributed by atoms with Gasteiger partial charge in [-0.1, -0.05) is 32.0 Å². The quantitative estimate of drug-likeness (QED) is 0.500. The maximum Gasteiger partial charge on any atom is 0.135 e. The second kappa shape index (κ2) is 6.21. The Balaban J connectivity index is 2.13. The molecule has 0 saturated heterocycles. The molecular formula is C14H17N3S2. The van der Waals surface area contributed by atoms with Gasteiger partial charge in [0.25, 0.3) is 0 Å². The summed E-state index contributed by atoms with van der Waals surface area (Å²) >= 11 is 3.29. The summed E-state index contributed by atoms with van der Waals surface area (Å²) in [7, 11) is 0. The van der Waals surface area contributed by atoms with E-state index in [1.807, 2.05) is 18.2 Å². The summed E-state index contributed by atoms with van der Waals surface area (Å²) in [6.07, 6.45) is 0. The molecule has 0 saturated carbocycles. The van der Waals surface area contributed by atoms with Gasteiger partial charge in [0.2, 0.25) is 0 Å². The first-order chi connectivity index (χ1) is 9.08. The number of benzene rings is 1. The minimum absolute atomic E-state index is 0.122. The predicted molar refractivity (Wildman–Crippen MR) is 83.2 cm³/mol. The van der Waals surface area contributed by atoms with Crippen molar-refractivity contribution in [3.8, 4) is 0 Å². The number of rotatable bonds is 5. The van der Waals surface area contributed by atoms with E-state index < -0.39 is 0 Å². The molecule has 0 aliphatic rings. The van der Waals surface area contributed by atoms with Gasteiger partial charge in [-0.25, -0.2) is 4.98 Å². The summed E-state index contributed by atoms with van der Waals surface area (Å²) in [6.45, 7) is 4.16. The molecule has 0 aliphatic carbocycles. The van der Waals surface area contributed by atoms with Gasteiger partial charge < -0.3 is 5.73 Å². The fourth-order valence-electron chi connectivity index (χ4n) is 1.69. The van der Waals surface area contributed by atoms with Crippen LogP contribution in [-0.4, -0.2) is 10.8 Å². The van der Waals surface area contributed by atoms with Gasteiger partial charge in [-0.3, -0.25) is 5.41 Å². The fourth-order valence-corrected chi connectivity index (χ4v) is 3.68. The first-order valence-electron chi connectivity index (χ1n) is 6.09. The Hall–Kier alpha value is -1.33. The number of nitrogens with one attached hydrogen (secondary N) is 1. The van der Waals surface area contributed by atoms with Gasteiger partial charge in [-0.15, -0.1) is 23.1 Å². The maximum absolute atomic E-state index is 7.62. The fraction of sp³-hybridized carbons (Fsp3) is 0.286. The molecule has 100 valence electrons. The van der Waals surface area contributed by atoms with Crippen LogP contribution in [0, 0.1) is 5.41 Å². The zero-order chi connectivity index (χ0) is 13.8. The smallest absolute Gasteiger partial charge is 0.135 e. The molecule has 5 heteroatoms. The molecule has 0 bridgehead atoms. The van der Waals surface area contributed by atoms with Crippen molar-refractivity contribution in [2.24, 2.45) is 5.73 Å². The van der Waals surface area contributed by atoms with Crippen LogP contribution in [0.3, 0.4) is 0 Å². The predicted octanol–water partition coefficient (Wildman–Crippen LogP) is 3.84. The second-order valence-corrected chi connectivity index (χ2v) is 6.62. The van der Waals surface area contributed by atoms with Crippen molar-refractivity contribution in [3.63, 3.8) is 0 Å². The summed E-state index contributed by atoms with van der Waals surface area (Å²) in [5.41, 5.74) is 6.57. The Kier molecular flexibility index (Phi) is 4.61. The first kappa shape index (κ1) is 14.1. The highest BCUT2D eigenvalue weighted by Gasteiger charge is 2.16. The van der Waals surface area contributed by atoms with Crippen molar-refractivity contribution in [1.82, 2.24) is 4.98 Å². The number of hydrogen-bond acceptors (Lipinski definition) is 4. The highest BCUT2D eigenvalue weighted by atomic mass is 32.2. The van der Waals surface area contributed by atoms with Gasteiger partial charge in [0, 0.05) is 4.90 Å². The van der Waals surface area contributed by atoms with E-state index in [2.05, 4.69) is 31.0 Å². The molecule has 0 aliphatic heterocycles. The summed E-state index contributed by atoms with van der Waals surface area (Å²) in [5, 5.41) is 8.65. The van der Waals surface area contributed by atoms with Crippen molar-refractivity contribution >= 4 is 28.9 Å². The van der Waals surface area contributed by atoms with Crippen LogP contribution in [0.5, 0.6) is 0 Å². The lowest BCUT2D eigenvalue weighted by molar-refractivity contribution is 0.825. The van der Waals surface area contributed by atoms with E-state index in [0.717, 1.165) is 21.3 Å². The zero-order valence-electron chi connectivity index (χ0n) is 11.0. The SMILES string of the molecule is CC(C)c1nc(CSc2ccccc2)sc1C(=N)N. The average molecular weight is 291 g/mol. The van der Waals surface area contributed by atoms with Gasteiger partial charge in [-0.2, -0.15) is 0 Å². The largest absolute Gasteiger partial charge is 0.383 e. The molecule has 1 aromatic heterocycles. The minimum atomic E-state index is 0.122. The summed E-state index contributed by atoms with van der Waals surface area (Å²) in [6, 6.07) is 10.3. The molecule has 19 heavy (non-hydrogen) atoms. The summed E-state index contributed by atoms with van der Waals surface area (Å²) < 4.78 is 0. The van der Waals surface area contributed by atoms with Crippen LogP contribution >= 0.6 is 23.1 Å². The zero-order valence-corrected chi connectivity index (χ0v) is 12.6. The number of aromatic nitrogens is 1. The van der Waals surface area contributed by atoms with E-state index in [1.54, 1.807) is 11.8 Å². The van der Waals surface area contributed by atoms with Crippen molar-refractivity contribution in [2.75, 3.05) is 0 Å². The van der Waals surface area contributed by atoms with E-state index in [9.17, 15) is 0 Å². The van der Waals surface area contributed by atoms with Crippen LogP contribution in [0.25, 0.3) is 0 Å². The van der Waals surface area contributed by atoms with Crippen LogP contribution in [0.4, 0.5) is 0 Å². The van der Waals surface area contributed by atoms with E-state index in [0.29, 0.717) is 5.92 Å². The second-order valence-electron chi connectivity index (χ2n) is 4.49. The van der Waals surface area contributed by atoms with Crippen LogP contribution in [0.2, 0.25) is 0 Å². The molecule has 1 aromatic carbocycles. The Morgan fingerprint density at radius 1 is 1.37 bits per heavy atom. The highest BCUT2D eigenvalue weighted by Crippen LogP contribution is 2.29. The third-order valence-electron chi connectivity index (χ3n) is 2.59. The van der Waals surface area contributed by atoms with Crippen LogP contribution in [-0.2, 0) is 5.75 Å². The topological polar surface area (TPSA) is 62.8 Å². The molecule has 3 N–H and O–H groups in total. The minimum Gasteiger partial charge on any atom is -0.383 e. The normalized spacial score (nSPS) is 10.9. The van der Waals surface area contributed by atoms with E-state index in [1.165, 1.54) is 16.2 Å². The molecule has 1 heterocycles. The number of thiazole rings is 1. The lowest BCUT2D eigenvalue weighted by Gasteiger charge is -2.02. The van der Waals surface area contributed by atoms with Gasteiger partial charge >= 0.3 is 0 Å². The lowest BCUT2D eigenvalue weighted by atomic mass is 10.1. The van der Waals surface area contributed by atoms with Crippen molar-refractivity contribution in [3.05, 3.63) is 45.9 Å². The standard InChI is InChI=1S/C14H17N3S2/c1-9(2)12-13(14(15)16)19-11(17-12)8-18-10-6-4-3-5-7-10/h3-7,9H,8H2,1-2H3,(H3,15,16). The third kappa shape index (κ3) is 3.58. The molecule has 2 aromatic rings. The van der Waals surface area contributed by atoms with Crippen LogP contribution < -0.4 is 5.73 Å². The maximum atomic E-state index is 7.62. The van der Waals surface area contributed by atoms with Crippen molar-refractivity contribution in [1.29, 1.82) is 5.41 Å². The van der Waals surface area contributed by atoms with Gasteiger partial charge in [0.1, 0.15) is 10.8 Å². The molecule has 0 spiro atoms. The van der Waals surface area contributed by atoms with E-state index in [4.69, 9.17) is 11.1 Å². The summed E-state index contributed by atoms with van der Waals surface area (Å²) in [4.78, 5) is 6.67. The molecule has 0 radical (unpaired) electrons. The number of hydrogen-bond donors (Lipinski definition) is 2. The van der Waals surface area contributed by atoms with Crippen LogP contribution in [0.15, 0.2) is 35.2 Å². The van der Waals surface area contributed by atoms with Gasteiger partial charge in [0.05, 0.1) is 16.3 Å². The Labute approximate surface area is 121 Å². The molecule has 0 amide bonds. The average Bonchev–Trinajstić information content (AvgIpc) is 2.82. The van der Waals surface area contributed by atoms with Gasteiger partial charge in [-0.05, 0) is 18.1 Å². The Morgan fingerprint density at radius 3 is 2.58 bits per heavy atom. The number of nitrogens with two attached hydrogens (primary N) is 1. The highest BCUT2D eigenvalue weighted by molar-refractivity contribution is 7.98. The van der Waals surface area contributed by atoms with Gasteiger partial charge in [0.15, 0.2) is 0 Å². The molecule has 3 nitrogen and oxygen atoms in total. The first-order valence-corrected chi connectivity index (χ1v) is 7.90. The van der Waals surface area contributed by atoms with Crippen molar-refractivity contribution in [2.45, 2.75) is 30.4 Å². The monoisotopic (exact) mass is 291 g/mol. The van der Waals surface area contributed by atoms with E-state index in [-0.39, 0.29) is 5.84 Å². The third-order valence-corrected chi connectivity index (χ3v) is 4.91. The Bertz CT molecular complexity index is 561. The molecular weight excluding hydrogens is 274 g/mol. The molecule has 0 atom stereocenters. The number of amidine groups is 1. The molecule has 0 unspecified atom stereocenters. The Morgan fingerprint density at radius 2 is 2.05 bits per heavy atom. The number of nitrogen functional groups attached to an aromatic ring is 1.